The predicted octanol–water partition coefficient (Wildman–Crippen LogP) is 3.64. The topological polar surface area (TPSA) is 29.0 Å². The Morgan fingerprint density at radius 2 is 1.68 bits per heavy atom. The Morgan fingerprint density at radius 1 is 1.05 bits per heavy atom. The summed E-state index contributed by atoms with van der Waals surface area (Å²) in [4.78, 5) is 10.6. The van der Waals surface area contributed by atoms with Gasteiger partial charge in [-0.1, -0.05) is 32.0 Å². The van der Waals surface area contributed by atoms with Crippen LogP contribution < -0.4 is 4.90 Å². The standard InChI is InChI=1S/C16H21N3/c1-11(2)13-6-7-15(12(3)8-13)14-9-17-16(18-10-14)19(4)5/h6-11H,1-5H3. The van der Waals surface area contributed by atoms with Crippen molar-refractivity contribution in [1.82, 2.24) is 9.97 Å². The molecule has 0 aliphatic heterocycles. The minimum atomic E-state index is 0.556. The first-order chi connectivity index (χ1) is 8.99. The molecule has 0 fully saturated rings. The van der Waals surface area contributed by atoms with Crippen molar-refractivity contribution in [1.29, 1.82) is 0 Å². The number of aryl methyl sites for hydroxylation is 1. The van der Waals surface area contributed by atoms with Gasteiger partial charge in [-0.2, -0.15) is 0 Å². The van der Waals surface area contributed by atoms with Gasteiger partial charge >= 0.3 is 0 Å². The van der Waals surface area contributed by atoms with Crippen molar-refractivity contribution in [2.24, 2.45) is 0 Å². The summed E-state index contributed by atoms with van der Waals surface area (Å²) in [7, 11) is 3.88. The second-order valence-electron chi connectivity index (χ2n) is 5.40. The first kappa shape index (κ1) is 13.5. The zero-order valence-corrected chi connectivity index (χ0v) is 12.3. The number of benzene rings is 1. The van der Waals surface area contributed by atoms with Crippen LogP contribution in [0.15, 0.2) is 30.6 Å². The molecule has 0 radical (unpaired) electrons. The molecule has 0 saturated heterocycles. The monoisotopic (exact) mass is 255 g/mol. The molecule has 0 amide bonds. The van der Waals surface area contributed by atoms with Crippen molar-refractivity contribution in [2.45, 2.75) is 26.7 Å². The van der Waals surface area contributed by atoms with Crippen LogP contribution in [0.1, 0.15) is 30.9 Å². The highest BCUT2D eigenvalue weighted by Gasteiger charge is 2.07. The minimum absolute atomic E-state index is 0.556. The van der Waals surface area contributed by atoms with Crippen molar-refractivity contribution in [3.8, 4) is 11.1 Å². The highest BCUT2D eigenvalue weighted by molar-refractivity contribution is 5.66. The fourth-order valence-corrected chi connectivity index (χ4v) is 2.06. The molecule has 0 atom stereocenters. The minimum Gasteiger partial charge on any atom is -0.347 e. The van der Waals surface area contributed by atoms with Crippen molar-refractivity contribution >= 4 is 5.95 Å². The molecule has 100 valence electrons. The van der Waals surface area contributed by atoms with Crippen molar-refractivity contribution in [3.63, 3.8) is 0 Å². The fourth-order valence-electron chi connectivity index (χ4n) is 2.06. The van der Waals surface area contributed by atoms with E-state index in [1.54, 1.807) is 0 Å². The van der Waals surface area contributed by atoms with Crippen LogP contribution in [-0.2, 0) is 0 Å². The van der Waals surface area contributed by atoms with Gasteiger partial charge in [0, 0.05) is 32.1 Å². The second-order valence-corrected chi connectivity index (χ2v) is 5.40. The first-order valence-electron chi connectivity index (χ1n) is 6.59. The molecule has 0 bridgehead atoms. The molecule has 0 saturated carbocycles. The molecule has 19 heavy (non-hydrogen) atoms. The number of hydrogen-bond donors (Lipinski definition) is 0. The Morgan fingerprint density at radius 3 is 2.16 bits per heavy atom. The van der Waals surface area contributed by atoms with Gasteiger partial charge in [0.15, 0.2) is 0 Å². The molecule has 2 aromatic rings. The molecule has 0 N–H and O–H groups in total. The van der Waals surface area contributed by atoms with E-state index in [1.807, 2.05) is 31.4 Å². The van der Waals surface area contributed by atoms with Gasteiger partial charge in [-0.3, -0.25) is 0 Å². The van der Waals surface area contributed by atoms with E-state index in [2.05, 4.69) is 48.9 Å². The lowest BCUT2D eigenvalue weighted by molar-refractivity contribution is 0.865. The lowest BCUT2D eigenvalue weighted by Crippen LogP contribution is -2.12. The molecule has 3 heteroatoms. The van der Waals surface area contributed by atoms with Crippen LogP contribution in [0.2, 0.25) is 0 Å². The summed E-state index contributed by atoms with van der Waals surface area (Å²) < 4.78 is 0. The zero-order chi connectivity index (χ0) is 14.0. The average Bonchev–Trinajstić information content (AvgIpc) is 2.38. The third-order valence-electron chi connectivity index (χ3n) is 3.27. The van der Waals surface area contributed by atoms with Crippen LogP contribution in [0.25, 0.3) is 11.1 Å². The predicted molar refractivity (Wildman–Crippen MR) is 80.6 cm³/mol. The van der Waals surface area contributed by atoms with Gasteiger partial charge < -0.3 is 4.90 Å². The molecular formula is C16H21N3. The summed E-state index contributed by atoms with van der Waals surface area (Å²) in [6.07, 6.45) is 3.78. The van der Waals surface area contributed by atoms with Gasteiger partial charge in [0.2, 0.25) is 5.95 Å². The maximum atomic E-state index is 4.37. The first-order valence-corrected chi connectivity index (χ1v) is 6.59. The number of rotatable bonds is 3. The number of hydrogen-bond acceptors (Lipinski definition) is 3. The quantitative estimate of drug-likeness (QED) is 0.838. The summed E-state index contributed by atoms with van der Waals surface area (Å²) in [6.45, 7) is 6.56. The molecule has 3 nitrogen and oxygen atoms in total. The Kier molecular flexibility index (Phi) is 3.84. The smallest absolute Gasteiger partial charge is 0.224 e. The summed E-state index contributed by atoms with van der Waals surface area (Å²) in [6, 6.07) is 6.60. The van der Waals surface area contributed by atoms with Gasteiger partial charge in [-0.15, -0.1) is 0 Å². The third kappa shape index (κ3) is 2.92. The number of anilines is 1. The Balaban J connectivity index is 2.36. The summed E-state index contributed by atoms with van der Waals surface area (Å²) in [5, 5.41) is 0. The molecular weight excluding hydrogens is 234 g/mol. The van der Waals surface area contributed by atoms with E-state index >= 15 is 0 Å². The lowest BCUT2D eigenvalue weighted by atomic mass is 9.96. The van der Waals surface area contributed by atoms with E-state index < -0.39 is 0 Å². The van der Waals surface area contributed by atoms with Crippen LogP contribution in [0.4, 0.5) is 5.95 Å². The van der Waals surface area contributed by atoms with Crippen LogP contribution in [0, 0.1) is 6.92 Å². The van der Waals surface area contributed by atoms with Gasteiger partial charge in [0.1, 0.15) is 0 Å². The molecule has 1 heterocycles. The highest BCUT2D eigenvalue weighted by Crippen LogP contribution is 2.26. The van der Waals surface area contributed by atoms with Crippen LogP contribution in [0.3, 0.4) is 0 Å². The van der Waals surface area contributed by atoms with E-state index in [0.29, 0.717) is 5.92 Å². The second kappa shape index (κ2) is 5.39. The van der Waals surface area contributed by atoms with Gasteiger partial charge in [0.05, 0.1) is 0 Å². The average molecular weight is 255 g/mol. The van der Waals surface area contributed by atoms with E-state index in [0.717, 1.165) is 11.5 Å². The van der Waals surface area contributed by atoms with Crippen LogP contribution >= 0.6 is 0 Å². The molecule has 1 aromatic heterocycles. The van der Waals surface area contributed by atoms with Crippen LogP contribution in [0.5, 0.6) is 0 Å². The van der Waals surface area contributed by atoms with Gasteiger partial charge in [0.25, 0.3) is 0 Å². The van der Waals surface area contributed by atoms with E-state index in [9.17, 15) is 0 Å². The third-order valence-corrected chi connectivity index (χ3v) is 3.27. The summed E-state index contributed by atoms with van der Waals surface area (Å²) in [5.74, 6) is 1.29. The molecule has 0 aliphatic carbocycles. The Bertz CT molecular complexity index is 557. The largest absolute Gasteiger partial charge is 0.347 e. The SMILES string of the molecule is Cc1cc(C(C)C)ccc1-c1cnc(N(C)C)nc1. The highest BCUT2D eigenvalue weighted by atomic mass is 15.2. The fraction of sp³-hybridized carbons (Fsp3) is 0.375. The molecule has 2 rings (SSSR count). The number of aromatic nitrogens is 2. The zero-order valence-electron chi connectivity index (χ0n) is 12.3. The lowest BCUT2D eigenvalue weighted by Gasteiger charge is -2.12. The van der Waals surface area contributed by atoms with E-state index in [1.165, 1.54) is 16.7 Å². The molecule has 0 spiro atoms. The van der Waals surface area contributed by atoms with Crippen LogP contribution in [-0.4, -0.2) is 24.1 Å². The van der Waals surface area contributed by atoms with Crippen molar-refractivity contribution < 1.29 is 0 Å². The molecule has 1 aromatic carbocycles. The summed E-state index contributed by atoms with van der Waals surface area (Å²) >= 11 is 0. The van der Waals surface area contributed by atoms with E-state index in [4.69, 9.17) is 0 Å². The van der Waals surface area contributed by atoms with Crippen molar-refractivity contribution in [3.05, 3.63) is 41.7 Å². The molecule has 0 unspecified atom stereocenters. The van der Waals surface area contributed by atoms with E-state index in [-0.39, 0.29) is 0 Å². The van der Waals surface area contributed by atoms with Gasteiger partial charge in [-0.05, 0) is 29.5 Å². The maximum Gasteiger partial charge on any atom is 0.224 e. The molecule has 0 aliphatic rings. The Hall–Kier alpha value is -1.90. The number of nitrogens with zero attached hydrogens (tertiary/aromatic N) is 3. The van der Waals surface area contributed by atoms with Gasteiger partial charge in [-0.25, -0.2) is 9.97 Å². The van der Waals surface area contributed by atoms with Crippen molar-refractivity contribution in [2.75, 3.05) is 19.0 Å². The maximum absolute atomic E-state index is 4.37. The Labute approximate surface area is 115 Å². The summed E-state index contributed by atoms with van der Waals surface area (Å²) in [5.41, 5.74) is 4.91. The normalized spacial score (nSPS) is 10.8.